The van der Waals surface area contributed by atoms with Crippen molar-refractivity contribution in [3.63, 3.8) is 0 Å². The van der Waals surface area contributed by atoms with Crippen molar-refractivity contribution in [2.75, 3.05) is 5.75 Å². The van der Waals surface area contributed by atoms with Gasteiger partial charge in [-0.3, -0.25) is 13.9 Å². The van der Waals surface area contributed by atoms with Crippen molar-refractivity contribution >= 4 is 51.8 Å². The highest BCUT2D eigenvalue weighted by Gasteiger charge is 2.35. The zero-order valence-electron chi connectivity index (χ0n) is 16.7. The van der Waals surface area contributed by atoms with Crippen molar-refractivity contribution in [2.45, 2.75) is 11.8 Å². The molecular weight excluding hydrogens is 480 g/mol. The van der Waals surface area contributed by atoms with Crippen molar-refractivity contribution in [2.24, 2.45) is 14.1 Å². The molecule has 0 aliphatic carbocycles. The van der Waals surface area contributed by atoms with Gasteiger partial charge in [0.15, 0.2) is 5.22 Å². The first kappa shape index (κ1) is 20.9. The van der Waals surface area contributed by atoms with E-state index in [9.17, 15) is 14.4 Å². The number of carboxylic acid groups (broad SMARTS) is 1. The van der Waals surface area contributed by atoms with Gasteiger partial charge in [-0.05, 0) is 23.7 Å². The molecule has 32 heavy (non-hydrogen) atoms. The summed E-state index contributed by atoms with van der Waals surface area (Å²) in [6.07, 6.45) is -1.48. The second-order valence-electron chi connectivity index (χ2n) is 7.07. The molecule has 1 N–H and O–H groups in total. The average Bonchev–Trinajstić information content (AvgIpc) is 3.46. The number of aryl methyl sites for hydroxylation is 1. The molecule has 1 atom stereocenters. The minimum Gasteiger partial charge on any atom is -0.449 e. The van der Waals surface area contributed by atoms with Crippen molar-refractivity contribution in [1.29, 1.82) is 0 Å². The van der Waals surface area contributed by atoms with E-state index >= 15 is 0 Å². The van der Waals surface area contributed by atoms with Gasteiger partial charge in [-0.25, -0.2) is 9.59 Å². The topological polar surface area (TPSA) is 121 Å². The Hall–Kier alpha value is -2.96. The van der Waals surface area contributed by atoms with Crippen LogP contribution in [-0.4, -0.2) is 35.7 Å². The number of fused-ring (bicyclic) bond motifs is 3. The summed E-state index contributed by atoms with van der Waals surface area (Å²) in [5.41, 5.74) is 0.805. The highest BCUT2D eigenvalue weighted by atomic mass is 35.5. The number of ether oxygens (including phenoxy) is 1. The third kappa shape index (κ3) is 3.09. The fourth-order valence-electron chi connectivity index (χ4n) is 3.99. The van der Waals surface area contributed by atoms with Gasteiger partial charge in [0.25, 0.3) is 5.56 Å². The molecular formula is C19H15ClN4O6S2. The lowest BCUT2D eigenvalue weighted by Gasteiger charge is -2.24. The largest absolute Gasteiger partial charge is 0.512 e. The predicted molar refractivity (Wildman–Crippen MR) is 120 cm³/mol. The molecule has 0 saturated heterocycles. The fourth-order valence-corrected chi connectivity index (χ4v) is 6.14. The van der Waals surface area contributed by atoms with Crippen LogP contribution in [0.25, 0.3) is 21.6 Å². The maximum Gasteiger partial charge on any atom is 0.512 e. The normalized spacial score (nSPS) is 15.8. The smallest absolute Gasteiger partial charge is 0.449 e. The SMILES string of the molecule is Cn1c(=O)c2c(-c3nc(OC(=O)O)cs3)n3c(c2n(C)c1=O)C(c1ccc(Cl)o1)SCC3. The molecule has 0 fully saturated rings. The molecule has 166 valence electrons. The lowest BCUT2D eigenvalue weighted by molar-refractivity contribution is 0.143. The van der Waals surface area contributed by atoms with Crippen molar-refractivity contribution in [3.05, 3.63) is 55.0 Å². The van der Waals surface area contributed by atoms with Gasteiger partial charge < -0.3 is 18.8 Å². The number of furan rings is 1. The second-order valence-corrected chi connectivity index (χ2v) is 9.51. The molecule has 1 aliphatic rings. The minimum absolute atomic E-state index is 0.0811. The summed E-state index contributed by atoms with van der Waals surface area (Å²) in [4.78, 5) is 41.3. The molecule has 10 nitrogen and oxygen atoms in total. The van der Waals surface area contributed by atoms with Crippen LogP contribution >= 0.6 is 34.7 Å². The van der Waals surface area contributed by atoms with Crippen LogP contribution in [0.2, 0.25) is 5.22 Å². The third-order valence-corrected chi connectivity index (χ3v) is 7.52. The van der Waals surface area contributed by atoms with Gasteiger partial charge in [0.1, 0.15) is 16.0 Å². The minimum atomic E-state index is -1.48. The summed E-state index contributed by atoms with van der Waals surface area (Å²) in [6, 6.07) is 3.42. The predicted octanol–water partition coefficient (Wildman–Crippen LogP) is 3.30. The maximum absolute atomic E-state index is 13.3. The standard InChI is InChI=1S/C19H15ClN4O6S2/c1-22-12-11(17(25)23(2)18(22)26)13(16-21-10(7-32-16)30-19(27)28)24-5-6-31-15(14(12)24)8-3-4-9(20)29-8/h3-4,7,15H,5-6H2,1-2H3,(H,27,28). The Balaban J connectivity index is 1.88. The van der Waals surface area contributed by atoms with Gasteiger partial charge >= 0.3 is 11.8 Å². The first-order chi connectivity index (χ1) is 15.3. The van der Waals surface area contributed by atoms with Crippen LogP contribution in [0.15, 0.2) is 31.5 Å². The zero-order valence-corrected chi connectivity index (χ0v) is 19.1. The fraction of sp³-hybridized carbons (Fsp3) is 0.263. The Morgan fingerprint density at radius 2 is 2.09 bits per heavy atom. The number of rotatable bonds is 3. The van der Waals surface area contributed by atoms with Crippen molar-refractivity contribution in [1.82, 2.24) is 18.7 Å². The van der Waals surface area contributed by atoms with E-state index in [2.05, 4.69) is 9.72 Å². The number of hydrogen-bond acceptors (Lipinski definition) is 8. The number of carbonyl (C=O) groups is 1. The van der Waals surface area contributed by atoms with E-state index in [4.69, 9.17) is 21.1 Å². The van der Waals surface area contributed by atoms with Gasteiger partial charge in [0.05, 0.1) is 27.7 Å². The van der Waals surface area contributed by atoms with E-state index in [0.29, 0.717) is 39.7 Å². The van der Waals surface area contributed by atoms with Crippen LogP contribution in [0.3, 0.4) is 0 Å². The van der Waals surface area contributed by atoms with E-state index in [1.54, 1.807) is 30.9 Å². The van der Waals surface area contributed by atoms with E-state index in [-0.39, 0.29) is 16.3 Å². The Morgan fingerprint density at radius 3 is 2.78 bits per heavy atom. The molecule has 0 aromatic carbocycles. The molecule has 0 radical (unpaired) electrons. The number of thioether (sulfide) groups is 1. The van der Waals surface area contributed by atoms with Gasteiger partial charge in [-0.2, -0.15) is 4.98 Å². The van der Waals surface area contributed by atoms with Crippen LogP contribution in [0.1, 0.15) is 16.7 Å². The Bertz CT molecular complexity index is 1510. The zero-order chi connectivity index (χ0) is 22.7. The number of aromatic nitrogens is 4. The van der Waals surface area contributed by atoms with Crippen LogP contribution in [0.4, 0.5) is 4.79 Å². The Labute approximate surface area is 192 Å². The number of thiazole rings is 1. The molecule has 1 aliphatic heterocycles. The maximum atomic E-state index is 13.3. The Kier molecular flexibility index (Phi) is 4.95. The monoisotopic (exact) mass is 494 g/mol. The molecule has 1 unspecified atom stereocenters. The second kappa shape index (κ2) is 7.57. The highest BCUT2D eigenvalue weighted by Crippen LogP contribution is 2.47. The Morgan fingerprint density at radius 1 is 1.31 bits per heavy atom. The number of hydrogen-bond donors (Lipinski definition) is 1. The van der Waals surface area contributed by atoms with E-state index in [1.165, 1.54) is 17.0 Å². The van der Waals surface area contributed by atoms with Gasteiger partial charge in [0.2, 0.25) is 5.88 Å². The number of nitrogens with zero attached hydrogens (tertiary/aromatic N) is 4. The molecule has 13 heteroatoms. The third-order valence-electron chi connectivity index (χ3n) is 5.28. The molecule has 4 aromatic heterocycles. The summed E-state index contributed by atoms with van der Waals surface area (Å²) in [5, 5.41) is 11.0. The quantitative estimate of drug-likeness (QED) is 0.430. The first-order valence-corrected chi connectivity index (χ1v) is 11.6. The number of halogens is 1. The molecule has 0 bridgehead atoms. The van der Waals surface area contributed by atoms with E-state index < -0.39 is 17.4 Å². The van der Waals surface area contributed by atoms with E-state index in [0.717, 1.165) is 21.6 Å². The van der Waals surface area contributed by atoms with Gasteiger partial charge in [0, 0.05) is 26.4 Å². The summed E-state index contributed by atoms with van der Waals surface area (Å²) < 4.78 is 14.8. The highest BCUT2D eigenvalue weighted by molar-refractivity contribution is 7.99. The van der Waals surface area contributed by atoms with Gasteiger partial charge in [-0.1, -0.05) is 0 Å². The first-order valence-electron chi connectivity index (χ1n) is 9.33. The molecule has 0 saturated carbocycles. The van der Waals surface area contributed by atoms with Crippen LogP contribution < -0.4 is 16.0 Å². The molecule has 5 rings (SSSR count). The average molecular weight is 495 g/mol. The van der Waals surface area contributed by atoms with Crippen LogP contribution in [-0.2, 0) is 20.6 Å². The van der Waals surface area contributed by atoms with E-state index in [1.807, 2.05) is 4.57 Å². The summed E-state index contributed by atoms with van der Waals surface area (Å²) in [5.74, 6) is 1.23. The summed E-state index contributed by atoms with van der Waals surface area (Å²) >= 11 is 8.78. The molecule has 5 heterocycles. The summed E-state index contributed by atoms with van der Waals surface area (Å²) in [6.45, 7) is 0.557. The summed E-state index contributed by atoms with van der Waals surface area (Å²) in [7, 11) is 3.03. The lowest BCUT2D eigenvalue weighted by atomic mass is 10.2. The molecule has 4 aromatic rings. The molecule has 0 amide bonds. The van der Waals surface area contributed by atoms with Crippen molar-refractivity contribution in [3.8, 4) is 16.6 Å². The van der Waals surface area contributed by atoms with Crippen LogP contribution in [0, 0.1) is 0 Å². The van der Waals surface area contributed by atoms with Crippen LogP contribution in [0.5, 0.6) is 5.88 Å². The lowest BCUT2D eigenvalue weighted by Crippen LogP contribution is -2.37. The van der Waals surface area contributed by atoms with Crippen molar-refractivity contribution < 1.29 is 19.1 Å². The molecule has 0 spiro atoms. The van der Waals surface area contributed by atoms with Gasteiger partial charge in [-0.15, -0.1) is 23.1 Å².